The van der Waals surface area contributed by atoms with Crippen LogP contribution in [0.3, 0.4) is 0 Å². The molecular formula is C31H28Cl2N2O2. The summed E-state index contributed by atoms with van der Waals surface area (Å²) in [4.78, 5) is 13.6. The smallest absolute Gasteiger partial charge is 0.267 e. The quantitative estimate of drug-likeness (QED) is 0.312. The van der Waals surface area contributed by atoms with Crippen molar-refractivity contribution in [3.05, 3.63) is 111 Å². The minimum atomic E-state index is -0.198. The number of halogens is 2. The maximum absolute atomic E-state index is 13.6. The molecule has 3 atom stereocenters. The number of ether oxygens (including phenoxy) is 1. The first-order valence-electron chi connectivity index (χ1n) is 12.4. The first-order valence-corrected chi connectivity index (χ1v) is 13.1. The fraction of sp³-hybridized carbons (Fsp3) is 0.226. The average Bonchev–Trinajstić information content (AvgIpc) is 3.29. The number of hydrazone groups is 1. The first-order chi connectivity index (χ1) is 17.9. The molecule has 0 unspecified atom stereocenters. The van der Waals surface area contributed by atoms with Crippen LogP contribution < -0.4 is 4.74 Å². The van der Waals surface area contributed by atoms with Crippen molar-refractivity contribution in [1.29, 1.82) is 0 Å². The van der Waals surface area contributed by atoms with Gasteiger partial charge in [-0.25, -0.2) is 5.01 Å². The molecule has 3 aromatic rings. The van der Waals surface area contributed by atoms with E-state index in [2.05, 4.69) is 13.0 Å². The standard InChI is InChI=1S/C31H28Cl2N2O2/c1-20-17-24(19-22-3-10-25(32)11-4-22)30-28(18-20)31(23-8-12-26(33)13-9-23)35(34-30)29(36)16-7-21-5-14-27(37-2)15-6-21/h3-16,19-20,28,31H,17-18H2,1-2H3/b16-7-,24-19-/t20-,28-,31+/m0/s1. The van der Waals surface area contributed by atoms with Gasteiger partial charge in [-0.1, -0.05) is 66.5 Å². The Morgan fingerprint density at radius 3 is 2.22 bits per heavy atom. The highest BCUT2D eigenvalue weighted by molar-refractivity contribution is 6.30. The molecule has 4 nitrogen and oxygen atoms in total. The Balaban J connectivity index is 1.51. The van der Waals surface area contributed by atoms with Gasteiger partial charge >= 0.3 is 0 Å². The second kappa shape index (κ2) is 11.0. The maximum Gasteiger partial charge on any atom is 0.267 e. The van der Waals surface area contributed by atoms with E-state index >= 15 is 0 Å². The van der Waals surface area contributed by atoms with E-state index in [0.29, 0.717) is 16.0 Å². The van der Waals surface area contributed by atoms with E-state index in [4.69, 9.17) is 33.0 Å². The van der Waals surface area contributed by atoms with Gasteiger partial charge in [-0.3, -0.25) is 4.79 Å². The van der Waals surface area contributed by atoms with E-state index < -0.39 is 0 Å². The number of benzene rings is 3. The molecule has 2 aliphatic rings. The predicted molar refractivity (Wildman–Crippen MR) is 152 cm³/mol. The van der Waals surface area contributed by atoms with Crippen molar-refractivity contribution < 1.29 is 9.53 Å². The Bertz CT molecular complexity index is 1360. The third kappa shape index (κ3) is 5.66. The van der Waals surface area contributed by atoms with Crippen molar-refractivity contribution in [2.24, 2.45) is 16.9 Å². The van der Waals surface area contributed by atoms with E-state index in [0.717, 1.165) is 41.0 Å². The predicted octanol–water partition coefficient (Wildman–Crippen LogP) is 8.08. The molecule has 3 aromatic carbocycles. The van der Waals surface area contributed by atoms with Crippen molar-refractivity contribution in [3.63, 3.8) is 0 Å². The zero-order valence-corrected chi connectivity index (χ0v) is 22.3. The summed E-state index contributed by atoms with van der Waals surface area (Å²) < 4.78 is 5.23. The maximum atomic E-state index is 13.6. The zero-order chi connectivity index (χ0) is 25.9. The normalized spacial score (nSPS) is 22.3. The van der Waals surface area contributed by atoms with Gasteiger partial charge in [0.1, 0.15) is 5.75 Å². The Morgan fingerprint density at radius 1 is 0.946 bits per heavy atom. The number of carbonyl (C=O) groups is 1. The van der Waals surface area contributed by atoms with Gasteiger partial charge < -0.3 is 4.74 Å². The Kier molecular flexibility index (Phi) is 7.50. The molecule has 1 saturated carbocycles. The summed E-state index contributed by atoms with van der Waals surface area (Å²) in [7, 11) is 1.63. The molecule has 0 spiro atoms. The molecule has 37 heavy (non-hydrogen) atoms. The fourth-order valence-electron chi connectivity index (χ4n) is 5.18. The topological polar surface area (TPSA) is 41.9 Å². The van der Waals surface area contributed by atoms with Gasteiger partial charge in [-0.2, -0.15) is 5.10 Å². The van der Waals surface area contributed by atoms with Crippen molar-refractivity contribution in [1.82, 2.24) is 5.01 Å². The molecule has 0 bridgehead atoms. The summed E-state index contributed by atoms with van der Waals surface area (Å²) in [6.45, 7) is 2.26. The number of methoxy groups -OCH3 is 1. The van der Waals surface area contributed by atoms with Crippen molar-refractivity contribution in [3.8, 4) is 5.75 Å². The van der Waals surface area contributed by atoms with Crippen LogP contribution in [0.4, 0.5) is 0 Å². The van der Waals surface area contributed by atoms with Gasteiger partial charge in [0.05, 0.1) is 18.9 Å². The molecule has 0 saturated heterocycles. The van der Waals surface area contributed by atoms with Crippen molar-refractivity contribution >= 4 is 47.0 Å². The van der Waals surface area contributed by atoms with Gasteiger partial charge in [0, 0.05) is 22.0 Å². The molecule has 0 radical (unpaired) electrons. The lowest BCUT2D eigenvalue weighted by molar-refractivity contribution is -0.128. The minimum absolute atomic E-state index is 0.0989. The second-order valence-electron chi connectivity index (χ2n) is 9.64. The number of rotatable bonds is 5. The largest absolute Gasteiger partial charge is 0.497 e. The van der Waals surface area contributed by atoms with E-state index in [9.17, 15) is 4.79 Å². The van der Waals surface area contributed by atoms with Gasteiger partial charge in [0.15, 0.2) is 0 Å². The highest BCUT2D eigenvalue weighted by atomic mass is 35.5. The summed E-state index contributed by atoms with van der Waals surface area (Å²) >= 11 is 12.3. The van der Waals surface area contributed by atoms with E-state index in [1.54, 1.807) is 18.2 Å². The van der Waals surface area contributed by atoms with Crippen LogP contribution >= 0.6 is 23.2 Å². The third-order valence-corrected chi connectivity index (χ3v) is 7.45. The molecule has 1 heterocycles. The second-order valence-corrected chi connectivity index (χ2v) is 10.5. The van der Waals surface area contributed by atoms with Crippen LogP contribution in [0.2, 0.25) is 10.0 Å². The number of carbonyl (C=O) groups excluding carboxylic acids is 1. The molecule has 6 heteroatoms. The number of amides is 1. The van der Waals surface area contributed by atoms with Crippen LogP contribution in [0.25, 0.3) is 12.2 Å². The van der Waals surface area contributed by atoms with E-state index in [1.807, 2.05) is 78.9 Å². The molecule has 0 N–H and O–H groups in total. The number of hydrogen-bond donors (Lipinski definition) is 0. The van der Waals surface area contributed by atoms with Crippen LogP contribution in [0.15, 0.2) is 89.5 Å². The molecule has 1 aliphatic carbocycles. The number of hydrogen-bond acceptors (Lipinski definition) is 3. The molecule has 1 fully saturated rings. The monoisotopic (exact) mass is 530 g/mol. The van der Waals surface area contributed by atoms with Gasteiger partial charge in [-0.15, -0.1) is 0 Å². The lowest BCUT2D eigenvalue weighted by Crippen LogP contribution is -2.32. The molecule has 1 aliphatic heterocycles. The highest BCUT2D eigenvalue weighted by Gasteiger charge is 2.44. The molecule has 188 valence electrons. The number of fused-ring (bicyclic) bond motifs is 1. The van der Waals surface area contributed by atoms with E-state index in [1.165, 1.54) is 5.57 Å². The van der Waals surface area contributed by atoms with Gasteiger partial charge in [0.2, 0.25) is 0 Å². The summed E-state index contributed by atoms with van der Waals surface area (Å²) in [6, 6.07) is 23.0. The fourth-order valence-corrected chi connectivity index (χ4v) is 5.44. The Morgan fingerprint density at radius 2 is 1.57 bits per heavy atom. The van der Waals surface area contributed by atoms with Crippen LogP contribution in [-0.2, 0) is 4.79 Å². The SMILES string of the molecule is COc1ccc(/C=C\C(=O)N2N=C3/C(=C\c4ccc(Cl)cc4)C[C@H](C)C[C@@H]3[C@H]2c2ccc(Cl)cc2)cc1. The summed E-state index contributed by atoms with van der Waals surface area (Å²) in [5, 5.41) is 7.99. The van der Waals surface area contributed by atoms with Gasteiger partial charge in [-0.05, 0) is 89.6 Å². The van der Waals surface area contributed by atoms with Crippen LogP contribution in [0.5, 0.6) is 5.75 Å². The summed E-state index contributed by atoms with van der Waals surface area (Å²) in [5.74, 6) is 1.18. The summed E-state index contributed by atoms with van der Waals surface area (Å²) in [6.07, 6.45) is 7.46. The first kappa shape index (κ1) is 25.3. The van der Waals surface area contributed by atoms with Crippen molar-refractivity contribution in [2.75, 3.05) is 7.11 Å². The summed E-state index contributed by atoms with van der Waals surface area (Å²) in [5.41, 5.74) is 5.17. The minimum Gasteiger partial charge on any atom is -0.497 e. The molecule has 0 aromatic heterocycles. The Hall–Kier alpha value is -3.34. The molecular weight excluding hydrogens is 503 g/mol. The lowest BCUT2D eigenvalue weighted by atomic mass is 9.73. The zero-order valence-electron chi connectivity index (χ0n) is 20.8. The third-order valence-electron chi connectivity index (χ3n) is 6.95. The number of allylic oxidation sites excluding steroid dienone is 1. The van der Waals surface area contributed by atoms with E-state index in [-0.39, 0.29) is 17.9 Å². The lowest BCUT2D eigenvalue weighted by Gasteiger charge is -2.32. The van der Waals surface area contributed by atoms with Crippen LogP contribution in [0.1, 0.15) is 42.5 Å². The van der Waals surface area contributed by atoms with Crippen molar-refractivity contribution in [2.45, 2.75) is 25.8 Å². The molecule has 5 rings (SSSR count). The van der Waals surface area contributed by atoms with Crippen LogP contribution in [-0.4, -0.2) is 23.7 Å². The highest BCUT2D eigenvalue weighted by Crippen LogP contribution is 2.46. The van der Waals surface area contributed by atoms with Gasteiger partial charge in [0.25, 0.3) is 5.91 Å². The average molecular weight is 531 g/mol. The van der Waals surface area contributed by atoms with Crippen LogP contribution in [0, 0.1) is 11.8 Å². The molecule has 1 amide bonds. The Labute approximate surface area is 227 Å². The number of nitrogens with zero attached hydrogens (tertiary/aromatic N) is 2.